The van der Waals surface area contributed by atoms with Gasteiger partial charge in [0.1, 0.15) is 17.2 Å². The molecule has 6 nitrogen and oxygen atoms in total. The number of pyridine rings is 1. The highest BCUT2D eigenvalue weighted by atomic mass is 19.3. The van der Waals surface area contributed by atoms with Gasteiger partial charge in [0.05, 0.1) is 6.61 Å². The second-order valence-corrected chi connectivity index (χ2v) is 11.4. The normalized spacial score (nSPS) is 15.3. The van der Waals surface area contributed by atoms with Gasteiger partial charge in [0, 0.05) is 31.2 Å². The zero-order valence-electron chi connectivity index (χ0n) is 25.8. The van der Waals surface area contributed by atoms with Crippen LogP contribution in [0.5, 0.6) is 11.5 Å². The van der Waals surface area contributed by atoms with Crippen molar-refractivity contribution in [2.45, 2.75) is 109 Å². The van der Waals surface area contributed by atoms with Crippen LogP contribution in [0, 0.1) is 0 Å². The van der Waals surface area contributed by atoms with Crippen LogP contribution in [0.25, 0.3) is 22.6 Å². The summed E-state index contributed by atoms with van der Waals surface area (Å²) in [5.41, 5.74) is 1.73. The van der Waals surface area contributed by atoms with E-state index in [1.165, 1.54) is 51.4 Å². The Labute approximate surface area is 255 Å². The molecule has 1 aromatic carbocycles. The fourth-order valence-corrected chi connectivity index (χ4v) is 5.22. The number of nitrogens with zero attached hydrogens (tertiary/aromatic N) is 3. The largest absolute Gasteiger partial charge is 0.494 e. The van der Waals surface area contributed by atoms with Crippen LogP contribution in [0.4, 0.5) is 8.78 Å². The molecule has 0 amide bonds. The third-order valence-electron chi connectivity index (χ3n) is 7.83. The molecule has 4 rings (SSSR count). The van der Waals surface area contributed by atoms with E-state index in [1.54, 1.807) is 24.5 Å². The summed E-state index contributed by atoms with van der Waals surface area (Å²) < 4.78 is 47.6. The van der Waals surface area contributed by atoms with E-state index >= 15 is 8.78 Å². The fraction of sp³-hybridized carbons (Fsp3) is 0.571. The van der Waals surface area contributed by atoms with Gasteiger partial charge in [0.2, 0.25) is 0 Å². The molecule has 0 bridgehead atoms. The van der Waals surface area contributed by atoms with Crippen molar-refractivity contribution in [1.29, 1.82) is 0 Å². The molecule has 2 aromatic heterocycles. The Kier molecular flexibility index (Phi) is 13.1. The van der Waals surface area contributed by atoms with Crippen LogP contribution in [0.2, 0.25) is 0 Å². The minimum atomic E-state index is -3.18. The maximum Gasteiger partial charge on any atom is 0.329 e. The second kappa shape index (κ2) is 17.2. The highest BCUT2D eigenvalue weighted by Gasteiger charge is 2.52. The minimum Gasteiger partial charge on any atom is -0.494 e. The molecule has 3 aromatic rings. The molecule has 0 saturated carbocycles. The van der Waals surface area contributed by atoms with Crippen molar-refractivity contribution >= 4 is 0 Å². The Balaban J connectivity index is 1.25. The van der Waals surface area contributed by atoms with E-state index in [0.717, 1.165) is 49.4 Å². The Morgan fingerprint density at radius 3 is 2.07 bits per heavy atom. The zero-order chi connectivity index (χ0) is 30.3. The number of fused-ring (bicyclic) bond motifs is 1. The molecule has 0 N–H and O–H groups in total. The molecule has 0 spiro atoms. The van der Waals surface area contributed by atoms with Crippen molar-refractivity contribution in [2.75, 3.05) is 19.8 Å². The van der Waals surface area contributed by atoms with Crippen molar-refractivity contribution in [2.24, 2.45) is 0 Å². The molecule has 0 aliphatic carbocycles. The van der Waals surface area contributed by atoms with E-state index in [0.29, 0.717) is 24.5 Å². The number of alkyl halides is 2. The molecular weight excluding hydrogens is 548 g/mol. The van der Waals surface area contributed by atoms with Crippen LogP contribution in [-0.2, 0) is 10.7 Å². The molecule has 43 heavy (non-hydrogen) atoms. The molecule has 1 aliphatic heterocycles. The van der Waals surface area contributed by atoms with Crippen molar-refractivity contribution in [1.82, 2.24) is 15.0 Å². The molecule has 234 valence electrons. The lowest BCUT2D eigenvalue weighted by atomic mass is 10.0. The van der Waals surface area contributed by atoms with Gasteiger partial charge in [0.25, 0.3) is 0 Å². The molecule has 1 atom stereocenters. The zero-order valence-corrected chi connectivity index (χ0v) is 25.8. The first kappa shape index (κ1) is 32.8. The summed E-state index contributed by atoms with van der Waals surface area (Å²) in [5.74, 6) is -1.92. The average molecular weight is 596 g/mol. The number of rotatable bonds is 20. The number of benzene rings is 1. The molecule has 3 heterocycles. The van der Waals surface area contributed by atoms with E-state index in [4.69, 9.17) is 14.2 Å². The minimum absolute atomic E-state index is 0.126. The van der Waals surface area contributed by atoms with E-state index in [1.807, 2.05) is 24.3 Å². The van der Waals surface area contributed by atoms with Crippen LogP contribution in [0.3, 0.4) is 0 Å². The monoisotopic (exact) mass is 595 g/mol. The van der Waals surface area contributed by atoms with E-state index in [9.17, 15) is 0 Å². The van der Waals surface area contributed by atoms with Crippen molar-refractivity contribution in [3.05, 3.63) is 54.5 Å². The van der Waals surface area contributed by atoms with Gasteiger partial charge in [-0.05, 0) is 61.9 Å². The predicted molar refractivity (Wildman–Crippen MR) is 167 cm³/mol. The highest BCUT2D eigenvalue weighted by Crippen LogP contribution is 2.46. The molecule has 1 unspecified atom stereocenters. The van der Waals surface area contributed by atoms with Gasteiger partial charge in [-0.3, -0.25) is 0 Å². The van der Waals surface area contributed by atoms with Gasteiger partial charge in [-0.15, -0.1) is 0 Å². The standard InChI is InChI=1S/C35H47F2N3O3/c1-3-5-7-9-10-13-24-42-29-18-16-27(17-19-29)28-25-38-34(39-26-28)30-20-21-31-33(40-30)35(36,37)32(43-31)15-11-14-23-41-22-12-8-6-4-2/h16-21,25-26,32H,3-15,22-24H2,1-2H3. The average Bonchev–Trinajstić information content (AvgIpc) is 3.28. The maximum atomic E-state index is 15.3. The first-order valence-corrected chi connectivity index (χ1v) is 16.2. The first-order chi connectivity index (χ1) is 21.0. The summed E-state index contributed by atoms with van der Waals surface area (Å²) in [6.45, 7) is 6.44. The van der Waals surface area contributed by atoms with Gasteiger partial charge < -0.3 is 14.2 Å². The summed E-state index contributed by atoms with van der Waals surface area (Å²) in [7, 11) is 0. The number of unbranched alkanes of at least 4 members (excludes halogenated alkanes) is 9. The third kappa shape index (κ3) is 9.68. The van der Waals surface area contributed by atoms with Crippen LogP contribution < -0.4 is 9.47 Å². The van der Waals surface area contributed by atoms with Gasteiger partial charge >= 0.3 is 5.92 Å². The topological polar surface area (TPSA) is 66.4 Å². The lowest BCUT2D eigenvalue weighted by Crippen LogP contribution is -2.30. The van der Waals surface area contributed by atoms with Crippen LogP contribution in [0.1, 0.15) is 103 Å². The molecule has 8 heteroatoms. The SMILES string of the molecule is CCCCCCCCOc1ccc(-c2cnc(-c3ccc4c(n3)C(F)(F)C(CCCCOCCCCCC)O4)nc2)cc1. The summed E-state index contributed by atoms with van der Waals surface area (Å²) in [6.07, 6.45) is 15.7. The number of ether oxygens (including phenoxy) is 3. The summed E-state index contributed by atoms with van der Waals surface area (Å²) in [4.78, 5) is 13.1. The maximum absolute atomic E-state index is 15.3. The molecule has 0 saturated heterocycles. The van der Waals surface area contributed by atoms with Crippen molar-refractivity contribution < 1.29 is 23.0 Å². The Hall–Kier alpha value is -3.13. The Morgan fingerprint density at radius 2 is 1.35 bits per heavy atom. The van der Waals surface area contributed by atoms with E-state index < -0.39 is 12.0 Å². The Bertz CT molecular complexity index is 1220. The smallest absolute Gasteiger partial charge is 0.329 e. The highest BCUT2D eigenvalue weighted by molar-refractivity contribution is 5.64. The molecular formula is C35H47F2N3O3. The van der Waals surface area contributed by atoms with Crippen molar-refractivity contribution in [3.63, 3.8) is 0 Å². The second-order valence-electron chi connectivity index (χ2n) is 11.4. The van der Waals surface area contributed by atoms with E-state index in [2.05, 4.69) is 28.8 Å². The number of aromatic nitrogens is 3. The van der Waals surface area contributed by atoms with E-state index in [-0.39, 0.29) is 17.9 Å². The summed E-state index contributed by atoms with van der Waals surface area (Å²) in [6, 6.07) is 11.0. The number of halogens is 2. The molecule has 1 aliphatic rings. The van der Waals surface area contributed by atoms with Crippen LogP contribution in [-0.4, -0.2) is 40.9 Å². The predicted octanol–water partition coefficient (Wildman–Crippen LogP) is 9.56. The summed E-state index contributed by atoms with van der Waals surface area (Å²) in [5, 5.41) is 0. The molecule has 0 radical (unpaired) electrons. The third-order valence-corrected chi connectivity index (χ3v) is 7.83. The fourth-order valence-electron chi connectivity index (χ4n) is 5.22. The lowest BCUT2D eigenvalue weighted by molar-refractivity contribution is -0.0821. The van der Waals surface area contributed by atoms with Gasteiger partial charge in [0.15, 0.2) is 17.6 Å². The van der Waals surface area contributed by atoms with Crippen LogP contribution in [0.15, 0.2) is 48.8 Å². The van der Waals surface area contributed by atoms with Crippen LogP contribution >= 0.6 is 0 Å². The van der Waals surface area contributed by atoms with Gasteiger partial charge in [-0.2, -0.15) is 8.78 Å². The lowest BCUT2D eigenvalue weighted by Gasteiger charge is -2.17. The quantitative estimate of drug-likeness (QED) is 0.121. The Morgan fingerprint density at radius 1 is 0.721 bits per heavy atom. The van der Waals surface area contributed by atoms with Crippen molar-refractivity contribution in [3.8, 4) is 34.1 Å². The number of hydrogen-bond donors (Lipinski definition) is 0. The summed E-state index contributed by atoms with van der Waals surface area (Å²) >= 11 is 0. The number of hydrogen-bond acceptors (Lipinski definition) is 6. The van der Waals surface area contributed by atoms with Gasteiger partial charge in [-0.25, -0.2) is 15.0 Å². The van der Waals surface area contributed by atoms with Gasteiger partial charge in [-0.1, -0.05) is 77.3 Å². The molecule has 0 fully saturated rings. The first-order valence-electron chi connectivity index (χ1n) is 16.2.